The summed E-state index contributed by atoms with van der Waals surface area (Å²) in [5.41, 5.74) is 3.74. The van der Waals surface area contributed by atoms with Gasteiger partial charge in [-0.2, -0.15) is 0 Å². The molecule has 1 aliphatic rings. The second kappa shape index (κ2) is 7.70. The SMILES string of the molecule is Cc1ccccc1N1CC[NH+]([C@@H](C(=O)N(C)C)c2ccccc2)CC1. The summed E-state index contributed by atoms with van der Waals surface area (Å²) in [6, 6.07) is 18.6. The van der Waals surface area contributed by atoms with Crippen molar-refractivity contribution >= 4 is 11.6 Å². The van der Waals surface area contributed by atoms with Crippen molar-refractivity contribution in [3.8, 4) is 0 Å². The van der Waals surface area contributed by atoms with Crippen LogP contribution in [0.4, 0.5) is 5.69 Å². The van der Waals surface area contributed by atoms with E-state index in [-0.39, 0.29) is 11.9 Å². The number of benzene rings is 2. The number of quaternary nitrogens is 1. The Labute approximate surface area is 150 Å². The van der Waals surface area contributed by atoms with Gasteiger partial charge in [0.25, 0.3) is 5.91 Å². The van der Waals surface area contributed by atoms with Gasteiger partial charge < -0.3 is 14.7 Å². The summed E-state index contributed by atoms with van der Waals surface area (Å²) in [6.07, 6.45) is 0. The maximum absolute atomic E-state index is 12.8. The normalized spacial score (nSPS) is 16.5. The van der Waals surface area contributed by atoms with Gasteiger partial charge in [0.1, 0.15) is 0 Å². The molecule has 1 fully saturated rings. The molecule has 3 rings (SSSR count). The molecule has 0 aromatic heterocycles. The summed E-state index contributed by atoms with van der Waals surface area (Å²) in [5, 5.41) is 0. The topological polar surface area (TPSA) is 28.0 Å². The zero-order valence-corrected chi connectivity index (χ0v) is 15.4. The Morgan fingerprint density at radius 1 is 1.00 bits per heavy atom. The van der Waals surface area contributed by atoms with Crippen LogP contribution in [-0.2, 0) is 4.79 Å². The maximum Gasteiger partial charge on any atom is 0.285 e. The number of likely N-dealkylation sites (N-methyl/N-ethyl adjacent to an activating group) is 1. The number of carbonyl (C=O) groups is 1. The number of piperazine rings is 1. The monoisotopic (exact) mass is 338 g/mol. The van der Waals surface area contributed by atoms with E-state index in [4.69, 9.17) is 0 Å². The molecule has 2 aromatic carbocycles. The molecule has 25 heavy (non-hydrogen) atoms. The van der Waals surface area contributed by atoms with Gasteiger partial charge in [-0.15, -0.1) is 0 Å². The van der Waals surface area contributed by atoms with Crippen LogP contribution in [-0.4, -0.2) is 51.1 Å². The van der Waals surface area contributed by atoms with E-state index >= 15 is 0 Å². The Bertz CT molecular complexity index is 706. The van der Waals surface area contributed by atoms with Gasteiger partial charge in [0, 0.05) is 25.3 Å². The number of rotatable bonds is 4. The number of carbonyl (C=O) groups excluding carboxylic acids is 1. The zero-order chi connectivity index (χ0) is 17.8. The second-order valence-electron chi connectivity index (χ2n) is 7.01. The predicted octanol–water partition coefficient (Wildman–Crippen LogP) is 1.53. The molecule has 4 nitrogen and oxygen atoms in total. The van der Waals surface area contributed by atoms with Crippen LogP contribution < -0.4 is 9.80 Å². The molecule has 2 aromatic rings. The van der Waals surface area contributed by atoms with Crippen molar-refractivity contribution in [2.75, 3.05) is 45.2 Å². The van der Waals surface area contributed by atoms with Gasteiger partial charge in [0.15, 0.2) is 6.04 Å². The maximum atomic E-state index is 12.8. The Morgan fingerprint density at radius 2 is 1.60 bits per heavy atom. The fourth-order valence-corrected chi connectivity index (χ4v) is 3.70. The first kappa shape index (κ1) is 17.5. The third-order valence-electron chi connectivity index (χ3n) is 5.09. The van der Waals surface area contributed by atoms with Crippen molar-refractivity contribution in [3.05, 3.63) is 65.7 Å². The predicted molar refractivity (Wildman–Crippen MR) is 102 cm³/mol. The molecule has 1 amide bonds. The lowest BCUT2D eigenvalue weighted by molar-refractivity contribution is -0.922. The van der Waals surface area contributed by atoms with Crippen LogP contribution in [0.5, 0.6) is 0 Å². The average Bonchev–Trinajstić information content (AvgIpc) is 2.64. The van der Waals surface area contributed by atoms with Gasteiger partial charge in [-0.25, -0.2) is 0 Å². The fourth-order valence-electron chi connectivity index (χ4n) is 3.70. The number of hydrogen-bond donors (Lipinski definition) is 1. The first-order valence-corrected chi connectivity index (χ1v) is 8.99. The first-order valence-electron chi connectivity index (χ1n) is 8.99. The summed E-state index contributed by atoms with van der Waals surface area (Å²) in [5.74, 6) is 0.186. The molecule has 0 spiro atoms. The highest BCUT2D eigenvalue weighted by Crippen LogP contribution is 2.20. The van der Waals surface area contributed by atoms with Crippen molar-refractivity contribution in [2.24, 2.45) is 0 Å². The van der Waals surface area contributed by atoms with Crippen LogP contribution in [0.2, 0.25) is 0 Å². The van der Waals surface area contributed by atoms with E-state index in [9.17, 15) is 4.79 Å². The molecule has 0 radical (unpaired) electrons. The molecular weight excluding hydrogens is 310 g/mol. The van der Waals surface area contributed by atoms with Crippen molar-refractivity contribution in [1.29, 1.82) is 0 Å². The van der Waals surface area contributed by atoms with Crippen molar-refractivity contribution in [1.82, 2.24) is 4.90 Å². The molecule has 132 valence electrons. The van der Waals surface area contributed by atoms with E-state index < -0.39 is 0 Å². The van der Waals surface area contributed by atoms with Crippen LogP contribution in [0.3, 0.4) is 0 Å². The van der Waals surface area contributed by atoms with Crippen LogP contribution in [0.25, 0.3) is 0 Å². The second-order valence-corrected chi connectivity index (χ2v) is 7.01. The standard InChI is InChI=1S/C21H27N3O/c1-17-9-7-8-12-19(17)23-13-15-24(16-14-23)20(21(25)22(2)3)18-10-5-4-6-11-18/h4-12,20H,13-16H2,1-3H3/p+1/t20-/m1/s1. The van der Waals surface area contributed by atoms with E-state index in [1.54, 1.807) is 4.90 Å². The van der Waals surface area contributed by atoms with Gasteiger partial charge in [0.05, 0.1) is 26.2 Å². The lowest BCUT2D eigenvalue weighted by Crippen LogP contribution is -3.16. The van der Waals surface area contributed by atoms with E-state index in [0.717, 1.165) is 31.7 Å². The lowest BCUT2D eigenvalue weighted by Gasteiger charge is -2.38. The summed E-state index contributed by atoms with van der Waals surface area (Å²) < 4.78 is 0. The molecule has 1 heterocycles. The average molecular weight is 338 g/mol. The van der Waals surface area contributed by atoms with E-state index in [1.807, 2.05) is 32.3 Å². The van der Waals surface area contributed by atoms with Crippen molar-refractivity contribution in [3.63, 3.8) is 0 Å². The molecular formula is C21H28N3O+. The lowest BCUT2D eigenvalue weighted by atomic mass is 10.0. The summed E-state index contributed by atoms with van der Waals surface area (Å²) in [6.45, 7) is 6.05. The van der Waals surface area contributed by atoms with Gasteiger partial charge in [-0.05, 0) is 18.6 Å². The minimum Gasteiger partial charge on any atom is -0.360 e. The Balaban J connectivity index is 1.76. The molecule has 0 unspecified atom stereocenters. The highest BCUT2D eigenvalue weighted by Gasteiger charge is 2.35. The van der Waals surface area contributed by atoms with E-state index in [1.165, 1.54) is 16.2 Å². The quantitative estimate of drug-likeness (QED) is 0.916. The van der Waals surface area contributed by atoms with Crippen LogP contribution in [0.1, 0.15) is 17.2 Å². The number of para-hydroxylation sites is 1. The highest BCUT2D eigenvalue weighted by molar-refractivity contribution is 5.81. The number of nitrogens with zero attached hydrogens (tertiary/aromatic N) is 2. The zero-order valence-electron chi connectivity index (χ0n) is 15.4. The molecule has 0 bridgehead atoms. The van der Waals surface area contributed by atoms with Crippen LogP contribution in [0, 0.1) is 6.92 Å². The fraction of sp³-hybridized carbons (Fsp3) is 0.381. The van der Waals surface area contributed by atoms with Crippen LogP contribution >= 0.6 is 0 Å². The van der Waals surface area contributed by atoms with Gasteiger partial charge in [-0.1, -0.05) is 48.5 Å². The van der Waals surface area contributed by atoms with Gasteiger partial charge in [-0.3, -0.25) is 4.79 Å². The van der Waals surface area contributed by atoms with Crippen molar-refractivity contribution < 1.29 is 9.69 Å². The minimum absolute atomic E-state index is 0.116. The summed E-state index contributed by atoms with van der Waals surface area (Å²) in [7, 11) is 3.70. The Kier molecular flexibility index (Phi) is 5.39. The molecule has 0 aliphatic carbocycles. The Morgan fingerprint density at radius 3 is 2.20 bits per heavy atom. The Hall–Kier alpha value is -2.33. The molecule has 1 atom stereocenters. The number of aryl methyl sites for hydroxylation is 1. The largest absolute Gasteiger partial charge is 0.360 e. The summed E-state index contributed by atoms with van der Waals surface area (Å²) in [4.78, 5) is 18.4. The molecule has 4 heteroatoms. The van der Waals surface area contributed by atoms with Crippen LogP contribution in [0.15, 0.2) is 54.6 Å². The van der Waals surface area contributed by atoms with Gasteiger partial charge >= 0.3 is 0 Å². The number of nitrogens with one attached hydrogen (secondary N) is 1. The van der Waals surface area contributed by atoms with E-state index in [0.29, 0.717) is 0 Å². The molecule has 0 saturated carbocycles. The highest BCUT2D eigenvalue weighted by atomic mass is 16.2. The first-order chi connectivity index (χ1) is 12.1. The minimum atomic E-state index is -0.116. The molecule has 1 N–H and O–H groups in total. The third-order valence-corrected chi connectivity index (χ3v) is 5.09. The molecule has 1 aliphatic heterocycles. The van der Waals surface area contributed by atoms with Crippen molar-refractivity contribution in [2.45, 2.75) is 13.0 Å². The smallest absolute Gasteiger partial charge is 0.285 e. The third kappa shape index (κ3) is 3.85. The molecule has 1 saturated heterocycles. The number of amides is 1. The number of anilines is 1. The summed E-state index contributed by atoms with van der Waals surface area (Å²) >= 11 is 0. The van der Waals surface area contributed by atoms with Gasteiger partial charge in [0.2, 0.25) is 0 Å². The number of hydrogen-bond acceptors (Lipinski definition) is 2. The van der Waals surface area contributed by atoms with E-state index in [2.05, 4.69) is 48.2 Å².